The maximum atomic E-state index is 12.0. The third kappa shape index (κ3) is 4.12. The summed E-state index contributed by atoms with van der Waals surface area (Å²) >= 11 is 0. The van der Waals surface area contributed by atoms with Gasteiger partial charge in [0.1, 0.15) is 24.4 Å². The van der Waals surface area contributed by atoms with E-state index in [9.17, 15) is 4.79 Å². The first-order valence-corrected chi connectivity index (χ1v) is 9.08. The molecule has 1 N–H and O–H groups in total. The monoisotopic (exact) mass is 384 g/mol. The van der Waals surface area contributed by atoms with Crippen LogP contribution in [0.2, 0.25) is 0 Å². The SMILES string of the molecule is COc1ccc2c(C[NH+](C)Cc3cc(OC)c(OC)cc3C)cc(=O)oc2c1. The van der Waals surface area contributed by atoms with Crippen molar-refractivity contribution in [3.8, 4) is 17.2 Å². The van der Waals surface area contributed by atoms with E-state index in [4.69, 9.17) is 18.6 Å². The van der Waals surface area contributed by atoms with Crippen molar-refractivity contribution in [2.75, 3.05) is 28.4 Å². The van der Waals surface area contributed by atoms with E-state index in [1.54, 1.807) is 33.5 Å². The quantitative estimate of drug-likeness (QED) is 0.634. The molecule has 0 aliphatic carbocycles. The predicted molar refractivity (Wildman–Crippen MR) is 108 cm³/mol. The van der Waals surface area contributed by atoms with Crippen LogP contribution in [0.4, 0.5) is 0 Å². The minimum Gasteiger partial charge on any atom is -0.497 e. The van der Waals surface area contributed by atoms with Gasteiger partial charge in [-0.25, -0.2) is 4.79 Å². The van der Waals surface area contributed by atoms with E-state index in [0.29, 0.717) is 23.6 Å². The maximum absolute atomic E-state index is 12.0. The first-order valence-electron chi connectivity index (χ1n) is 9.08. The number of hydrogen-bond donors (Lipinski definition) is 1. The highest BCUT2D eigenvalue weighted by atomic mass is 16.5. The molecule has 0 radical (unpaired) electrons. The van der Waals surface area contributed by atoms with Gasteiger partial charge in [-0.15, -0.1) is 0 Å². The Bertz CT molecular complexity index is 1040. The molecule has 1 aromatic heterocycles. The summed E-state index contributed by atoms with van der Waals surface area (Å²) in [6, 6.07) is 11.1. The summed E-state index contributed by atoms with van der Waals surface area (Å²) in [5, 5.41) is 0.920. The van der Waals surface area contributed by atoms with E-state index in [1.165, 1.54) is 10.5 Å². The molecule has 0 fully saturated rings. The van der Waals surface area contributed by atoms with Crippen LogP contribution in [0.3, 0.4) is 0 Å². The van der Waals surface area contributed by atoms with Crippen LogP contribution in [-0.2, 0) is 13.1 Å². The lowest BCUT2D eigenvalue weighted by atomic mass is 10.1. The van der Waals surface area contributed by atoms with Gasteiger partial charge in [-0.3, -0.25) is 0 Å². The third-order valence-electron chi connectivity index (χ3n) is 4.86. The Morgan fingerprint density at radius 3 is 2.25 bits per heavy atom. The smallest absolute Gasteiger partial charge is 0.336 e. The van der Waals surface area contributed by atoms with E-state index in [2.05, 4.69) is 14.0 Å². The fourth-order valence-corrected chi connectivity index (χ4v) is 3.41. The molecule has 28 heavy (non-hydrogen) atoms. The summed E-state index contributed by atoms with van der Waals surface area (Å²) in [6.07, 6.45) is 0. The zero-order valence-electron chi connectivity index (χ0n) is 16.9. The van der Waals surface area contributed by atoms with Crippen LogP contribution in [-0.4, -0.2) is 28.4 Å². The van der Waals surface area contributed by atoms with Crippen molar-refractivity contribution in [1.29, 1.82) is 0 Å². The van der Waals surface area contributed by atoms with Crippen molar-refractivity contribution >= 4 is 11.0 Å². The molecule has 3 rings (SSSR count). The molecule has 1 heterocycles. The Morgan fingerprint density at radius 2 is 1.57 bits per heavy atom. The highest BCUT2D eigenvalue weighted by Gasteiger charge is 2.15. The van der Waals surface area contributed by atoms with Crippen LogP contribution in [0.15, 0.2) is 45.6 Å². The average molecular weight is 384 g/mol. The number of methoxy groups -OCH3 is 3. The largest absolute Gasteiger partial charge is 0.497 e. The van der Waals surface area contributed by atoms with Gasteiger partial charge in [0.25, 0.3) is 0 Å². The number of quaternary nitrogens is 1. The Morgan fingerprint density at radius 1 is 0.893 bits per heavy atom. The molecule has 2 aromatic carbocycles. The first kappa shape index (κ1) is 19.8. The van der Waals surface area contributed by atoms with E-state index < -0.39 is 0 Å². The number of aryl methyl sites for hydroxylation is 1. The Labute approximate surface area is 164 Å². The Balaban J connectivity index is 1.88. The molecule has 1 atom stereocenters. The number of nitrogens with one attached hydrogen (secondary N) is 1. The standard InChI is InChI=1S/C22H25NO5/c1-14-8-20(26-4)21(27-5)9-15(14)12-23(2)13-16-10-22(24)28-19-11-17(25-3)6-7-18(16)19/h6-11H,12-13H2,1-5H3/p+1. The predicted octanol–water partition coefficient (Wildman–Crippen LogP) is 2.34. The highest BCUT2D eigenvalue weighted by Crippen LogP contribution is 2.30. The number of ether oxygens (including phenoxy) is 3. The van der Waals surface area contributed by atoms with Crippen molar-refractivity contribution < 1.29 is 23.5 Å². The summed E-state index contributed by atoms with van der Waals surface area (Å²) in [6.45, 7) is 3.52. The summed E-state index contributed by atoms with van der Waals surface area (Å²) in [5.74, 6) is 2.10. The van der Waals surface area contributed by atoms with Crippen molar-refractivity contribution in [2.45, 2.75) is 20.0 Å². The van der Waals surface area contributed by atoms with Gasteiger partial charge in [0.2, 0.25) is 0 Å². The number of rotatable bonds is 7. The molecule has 0 bridgehead atoms. The maximum Gasteiger partial charge on any atom is 0.336 e. The van der Waals surface area contributed by atoms with Crippen LogP contribution >= 0.6 is 0 Å². The molecular weight excluding hydrogens is 358 g/mol. The molecule has 6 nitrogen and oxygen atoms in total. The van der Waals surface area contributed by atoms with Crippen LogP contribution in [0.5, 0.6) is 17.2 Å². The first-order chi connectivity index (χ1) is 13.4. The van der Waals surface area contributed by atoms with Gasteiger partial charge in [0, 0.05) is 28.6 Å². The van der Waals surface area contributed by atoms with Crippen molar-refractivity contribution in [1.82, 2.24) is 0 Å². The zero-order chi connectivity index (χ0) is 20.3. The number of fused-ring (bicyclic) bond motifs is 1. The summed E-state index contributed by atoms with van der Waals surface area (Å²) < 4.78 is 21.4. The second-order valence-corrected chi connectivity index (χ2v) is 6.90. The van der Waals surface area contributed by atoms with E-state index in [1.807, 2.05) is 24.3 Å². The lowest BCUT2D eigenvalue weighted by Crippen LogP contribution is -3.06. The van der Waals surface area contributed by atoms with Gasteiger partial charge < -0.3 is 23.5 Å². The van der Waals surface area contributed by atoms with Crippen molar-refractivity contribution in [3.05, 3.63) is 63.5 Å². The highest BCUT2D eigenvalue weighted by molar-refractivity contribution is 5.81. The van der Waals surface area contributed by atoms with Gasteiger partial charge in [0.15, 0.2) is 11.5 Å². The van der Waals surface area contributed by atoms with Crippen LogP contribution in [0.25, 0.3) is 11.0 Å². The second kappa shape index (κ2) is 8.35. The van der Waals surface area contributed by atoms with E-state index >= 15 is 0 Å². The molecule has 0 saturated carbocycles. The molecule has 3 aromatic rings. The molecule has 6 heteroatoms. The van der Waals surface area contributed by atoms with Gasteiger partial charge in [-0.1, -0.05) is 0 Å². The molecule has 0 aliphatic heterocycles. The lowest BCUT2D eigenvalue weighted by molar-refractivity contribution is -0.907. The molecular formula is C22H26NO5+. The fraction of sp³-hybridized carbons (Fsp3) is 0.318. The van der Waals surface area contributed by atoms with E-state index in [0.717, 1.165) is 28.8 Å². The molecule has 0 spiro atoms. The molecule has 1 unspecified atom stereocenters. The van der Waals surface area contributed by atoms with Crippen LogP contribution < -0.4 is 24.7 Å². The number of benzene rings is 2. The molecule has 148 valence electrons. The average Bonchev–Trinajstić information content (AvgIpc) is 2.68. The zero-order valence-corrected chi connectivity index (χ0v) is 16.9. The van der Waals surface area contributed by atoms with Crippen molar-refractivity contribution in [2.24, 2.45) is 0 Å². The van der Waals surface area contributed by atoms with E-state index in [-0.39, 0.29) is 5.63 Å². The third-order valence-corrected chi connectivity index (χ3v) is 4.86. The Hall–Kier alpha value is -2.99. The van der Waals surface area contributed by atoms with Crippen molar-refractivity contribution in [3.63, 3.8) is 0 Å². The normalized spacial score (nSPS) is 12.0. The lowest BCUT2D eigenvalue weighted by Gasteiger charge is -2.18. The minimum atomic E-state index is -0.356. The van der Waals surface area contributed by atoms with Gasteiger partial charge in [-0.2, -0.15) is 0 Å². The molecule has 0 saturated heterocycles. The van der Waals surface area contributed by atoms with Gasteiger partial charge in [-0.05, 0) is 36.8 Å². The van der Waals surface area contributed by atoms with Crippen LogP contribution in [0.1, 0.15) is 16.7 Å². The minimum absolute atomic E-state index is 0.356. The number of hydrogen-bond acceptors (Lipinski definition) is 5. The fourth-order valence-electron chi connectivity index (χ4n) is 3.41. The van der Waals surface area contributed by atoms with Gasteiger partial charge in [0.05, 0.1) is 28.4 Å². The van der Waals surface area contributed by atoms with Crippen LogP contribution in [0, 0.1) is 6.92 Å². The summed E-state index contributed by atoms with van der Waals surface area (Å²) in [5.41, 5.74) is 3.44. The summed E-state index contributed by atoms with van der Waals surface area (Å²) in [4.78, 5) is 13.2. The topological polar surface area (TPSA) is 62.3 Å². The second-order valence-electron chi connectivity index (χ2n) is 6.90. The molecule has 0 amide bonds. The summed E-state index contributed by atoms with van der Waals surface area (Å²) in [7, 11) is 6.96. The molecule has 0 aliphatic rings. The Kier molecular flexibility index (Phi) is 5.90. The van der Waals surface area contributed by atoms with Gasteiger partial charge >= 0.3 is 5.63 Å².